The van der Waals surface area contributed by atoms with Crippen molar-refractivity contribution in [3.8, 4) is 0 Å². The number of carbonyl (C=O) groups is 1. The lowest BCUT2D eigenvalue weighted by Crippen LogP contribution is -2.31. The smallest absolute Gasteiger partial charge is 0.338 e. The fourth-order valence-electron chi connectivity index (χ4n) is 2.35. The summed E-state index contributed by atoms with van der Waals surface area (Å²) in [6, 6.07) is 7.54. The molecular formula is C16H24N2O2. The molecule has 1 aromatic carbocycles. The minimum absolute atomic E-state index is 0.239. The van der Waals surface area contributed by atoms with Gasteiger partial charge < -0.3 is 15.4 Å². The fraction of sp³-hybridized carbons (Fsp3) is 0.562. The predicted molar refractivity (Wildman–Crippen MR) is 81.1 cm³/mol. The van der Waals surface area contributed by atoms with Crippen LogP contribution in [0.5, 0.6) is 0 Å². The van der Waals surface area contributed by atoms with Gasteiger partial charge in [-0.3, -0.25) is 0 Å². The van der Waals surface area contributed by atoms with Gasteiger partial charge >= 0.3 is 5.97 Å². The Kier molecular flexibility index (Phi) is 5.87. The van der Waals surface area contributed by atoms with E-state index in [2.05, 4.69) is 10.6 Å². The lowest BCUT2D eigenvalue weighted by Gasteiger charge is -2.23. The molecule has 0 aliphatic carbocycles. The van der Waals surface area contributed by atoms with E-state index in [0.29, 0.717) is 12.2 Å². The molecule has 0 bridgehead atoms. The van der Waals surface area contributed by atoms with Crippen LogP contribution in [-0.4, -0.2) is 32.2 Å². The molecule has 1 aromatic rings. The topological polar surface area (TPSA) is 50.4 Å². The Morgan fingerprint density at radius 3 is 2.65 bits per heavy atom. The summed E-state index contributed by atoms with van der Waals surface area (Å²) in [5, 5.41) is 6.81. The first-order valence-electron chi connectivity index (χ1n) is 7.51. The average Bonchev–Trinajstić information content (AvgIpc) is 2.52. The minimum atomic E-state index is -0.239. The molecule has 0 radical (unpaired) electrons. The number of piperidine rings is 1. The Labute approximate surface area is 120 Å². The quantitative estimate of drug-likeness (QED) is 0.784. The van der Waals surface area contributed by atoms with Crippen LogP contribution in [0.25, 0.3) is 0 Å². The van der Waals surface area contributed by atoms with Gasteiger partial charge in [0.05, 0.1) is 12.2 Å². The summed E-state index contributed by atoms with van der Waals surface area (Å²) in [4.78, 5) is 11.7. The lowest BCUT2D eigenvalue weighted by molar-refractivity contribution is 0.0505. The molecule has 1 fully saturated rings. The first-order valence-corrected chi connectivity index (χ1v) is 7.51. The van der Waals surface area contributed by atoms with Gasteiger partial charge in [0.15, 0.2) is 0 Å². The Balaban J connectivity index is 1.80. The third-order valence-corrected chi connectivity index (χ3v) is 3.61. The minimum Gasteiger partial charge on any atom is -0.462 e. The lowest BCUT2D eigenvalue weighted by atomic mass is 9.98. The second-order valence-corrected chi connectivity index (χ2v) is 5.29. The molecule has 110 valence electrons. The molecule has 1 aliphatic heterocycles. The second kappa shape index (κ2) is 7.90. The largest absolute Gasteiger partial charge is 0.462 e. The van der Waals surface area contributed by atoms with Crippen LogP contribution >= 0.6 is 0 Å². The van der Waals surface area contributed by atoms with Crippen LogP contribution in [0.1, 0.15) is 36.5 Å². The first-order chi connectivity index (χ1) is 9.79. The van der Waals surface area contributed by atoms with Crippen LogP contribution < -0.4 is 10.6 Å². The van der Waals surface area contributed by atoms with E-state index in [9.17, 15) is 4.79 Å². The monoisotopic (exact) mass is 276 g/mol. The van der Waals surface area contributed by atoms with Crippen molar-refractivity contribution in [1.29, 1.82) is 0 Å². The highest BCUT2D eigenvalue weighted by Crippen LogP contribution is 2.15. The van der Waals surface area contributed by atoms with Crippen molar-refractivity contribution in [1.82, 2.24) is 5.32 Å². The zero-order valence-electron chi connectivity index (χ0n) is 12.2. The van der Waals surface area contributed by atoms with Gasteiger partial charge in [0.1, 0.15) is 0 Å². The first kappa shape index (κ1) is 14.9. The van der Waals surface area contributed by atoms with Crippen molar-refractivity contribution in [3.05, 3.63) is 29.8 Å². The number of esters is 1. The van der Waals surface area contributed by atoms with E-state index in [0.717, 1.165) is 37.7 Å². The highest BCUT2D eigenvalue weighted by molar-refractivity contribution is 5.89. The van der Waals surface area contributed by atoms with Crippen LogP contribution in [0.15, 0.2) is 24.3 Å². The second-order valence-electron chi connectivity index (χ2n) is 5.29. The summed E-state index contributed by atoms with van der Waals surface area (Å²) in [6.07, 6.45) is 3.31. The summed E-state index contributed by atoms with van der Waals surface area (Å²) in [7, 11) is 0. The highest BCUT2D eigenvalue weighted by atomic mass is 16.5. The predicted octanol–water partition coefficient (Wildman–Crippen LogP) is 2.66. The van der Waals surface area contributed by atoms with Gasteiger partial charge in [-0.15, -0.1) is 0 Å². The van der Waals surface area contributed by atoms with Gasteiger partial charge in [0.2, 0.25) is 0 Å². The number of ether oxygens (including phenoxy) is 1. The number of hydrogen-bond acceptors (Lipinski definition) is 4. The normalized spacial score (nSPS) is 15.8. The molecule has 0 saturated carbocycles. The van der Waals surface area contributed by atoms with Crippen LogP contribution in [0.2, 0.25) is 0 Å². The molecule has 20 heavy (non-hydrogen) atoms. The van der Waals surface area contributed by atoms with Crippen molar-refractivity contribution < 1.29 is 9.53 Å². The molecule has 2 rings (SSSR count). The third-order valence-electron chi connectivity index (χ3n) is 3.61. The van der Waals surface area contributed by atoms with E-state index in [-0.39, 0.29) is 5.97 Å². The maximum absolute atomic E-state index is 11.7. The molecule has 1 aliphatic rings. The van der Waals surface area contributed by atoms with Crippen molar-refractivity contribution in [2.24, 2.45) is 5.92 Å². The van der Waals surface area contributed by atoms with E-state index in [1.807, 2.05) is 31.2 Å². The standard InChI is InChI=1S/C16H24N2O2/c1-2-11-20-16(19)14-3-5-15(6-4-14)18-12-13-7-9-17-10-8-13/h3-6,13,17-18H,2,7-12H2,1H3. The molecule has 1 heterocycles. The van der Waals surface area contributed by atoms with E-state index >= 15 is 0 Å². The fourth-order valence-corrected chi connectivity index (χ4v) is 2.35. The number of benzene rings is 1. The highest BCUT2D eigenvalue weighted by Gasteiger charge is 2.12. The van der Waals surface area contributed by atoms with Crippen molar-refractivity contribution in [2.75, 3.05) is 31.6 Å². The Hall–Kier alpha value is -1.55. The van der Waals surface area contributed by atoms with Crippen LogP contribution in [0, 0.1) is 5.92 Å². The molecule has 0 amide bonds. The molecule has 1 saturated heterocycles. The van der Waals surface area contributed by atoms with Gasteiger partial charge in [-0.05, 0) is 62.5 Å². The Morgan fingerprint density at radius 2 is 2.00 bits per heavy atom. The van der Waals surface area contributed by atoms with Crippen molar-refractivity contribution in [3.63, 3.8) is 0 Å². The molecule has 4 nitrogen and oxygen atoms in total. The maximum Gasteiger partial charge on any atom is 0.338 e. The third kappa shape index (κ3) is 4.53. The Morgan fingerprint density at radius 1 is 1.30 bits per heavy atom. The number of nitrogens with one attached hydrogen (secondary N) is 2. The van der Waals surface area contributed by atoms with E-state index in [4.69, 9.17) is 4.74 Å². The van der Waals surface area contributed by atoms with Crippen molar-refractivity contribution >= 4 is 11.7 Å². The van der Waals surface area contributed by atoms with Gasteiger partial charge in [0.25, 0.3) is 0 Å². The summed E-state index contributed by atoms with van der Waals surface area (Å²) in [5.41, 5.74) is 1.68. The maximum atomic E-state index is 11.7. The van der Waals surface area contributed by atoms with E-state index < -0.39 is 0 Å². The molecule has 2 N–H and O–H groups in total. The zero-order chi connectivity index (χ0) is 14.2. The zero-order valence-corrected chi connectivity index (χ0v) is 12.2. The van der Waals surface area contributed by atoms with E-state index in [1.165, 1.54) is 12.8 Å². The summed E-state index contributed by atoms with van der Waals surface area (Å²) in [6.45, 7) is 5.71. The Bertz CT molecular complexity index is 411. The molecule has 0 aromatic heterocycles. The van der Waals surface area contributed by atoms with Gasteiger partial charge in [-0.2, -0.15) is 0 Å². The summed E-state index contributed by atoms with van der Waals surface area (Å²) >= 11 is 0. The van der Waals surface area contributed by atoms with Gasteiger partial charge in [-0.25, -0.2) is 4.79 Å². The van der Waals surface area contributed by atoms with E-state index in [1.54, 1.807) is 0 Å². The molecule has 0 unspecified atom stereocenters. The molecule has 4 heteroatoms. The summed E-state index contributed by atoms with van der Waals surface area (Å²) < 4.78 is 5.11. The van der Waals surface area contributed by atoms with Gasteiger partial charge in [-0.1, -0.05) is 6.92 Å². The number of hydrogen-bond donors (Lipinski definition) is 2. The molecule has 0 spiro atoms. The van der Waals surface area contributed by atoms with Crippen molar-refractivity contribution in [2.45, 2.75) is 26.2 Å². The number of carbonyl (C=O) groups excluding carboxylic acids is 1. The van der Waals surface area contributed by atoms with Crippen LogP contribution in [0.3, 0.4) is 0 Å². The van der Waals surface area contributed by atoms with Gasteiger partial charge in [0, 0.05) is 12.2 Å². The average molecular weight is 276 g/mol. The molecular weight excluding hydrogens is 252 g/mol. The number of anilines is 1. The summed E-state index contributed by atoms with van der Waals surface area (Å²) in [5.74, 6) is 0.502. The molecule has 0 atom stereocenters. The number of rotatable bonds is 6. The van der Waals surface area contributed by atoms with Crippen LogP contribution in [-0.2, 0) is 4.74 Å². The SMILES string of the molecule is CCCOC(=O)c1ccc(NCC2CCNCC2)cc1. The van der Waals surface area contributed by atoms with Crippen LogP contribution in [0.4, 0.5) is 5.69 Å².